The van der Waals surface area contributed by atoms with E-state index in [2.05, 4.69) is 17.1 Å². The molecule has 3 aliphatic rings. The molecule has 18 heavy (non-hydrogen) atoms. The molecule has 2 heterocycles. The Morgan fingerprint density at radius 1 is 1.22 bits per heavy atom. The van der Waals surface area contributed by atoms with Crippen molar-refractivity contribution in [3.63, 3.8) is 0 Å². The highest BCUT2D eigenvalue weighted by atomic mass is 16.5. The van der Waals surface area contributed by atoms with Crippen LogP contribution in [0.5, 0.6) is 0 Å². The lowest BCUT2D eigenvalue weighted by Gasteiger charge is -2.48. The maximum absolute atomic E-state index is 6.17. The average molecular weight is 252 g/mol. The second kappa shape index (κ2) is 5.48. The van der Waals surface area contributed by atoms with Crippen LogP contribution in [0.2, 0.25) is 0 Å². The smallest absolute Gasteiger partial charge is 0.0697 e. The van der Waals surface area contributed by atoms with Gasteiger partial charge in [0, 0.05) is 31.8 Å². The van der Waals surface area contributed by atoms with Crippen LogP contribution in [-0.4, -0.2) is 48.8 Å². The molecule has 2 aliphatic heterocycles. The summed E-state index contributed by atoms with van der Waals surface area (Å²) in [4.78, 5) is 2.79. The summed E-state index contributed by atoms with van der Waals surface area (Å²) < 4.78 is 6.17. The average Bonchev–Trinajstić information content (AvgIpc) is 2.74. The van der Waals surface area contributed by atoms with Gasteiger partial charge in [0.25, 0.3) is 0 Å². The van der Waals surface area contributed by atoms with Gasteiger partial charge >= 0.3 is 0 Å². The third kappa shape index (κ3) is 2.45. The molecule has 3 rings (SSSR count). The Balaban J connectivity index is 1.65. The Kier molecular flexibility index (Phi) is 3.92. The third-order valence-corrected chi connectivity index (χ3v) is 5.16. The maximum Gasteiger partial charge on any atom is 0.0697 e. The van der Waals surface area contributed by atoms with Crippen LogP contribution < -0.4 is 5.32 Å². The Morgan fingerprint density at radius 3 is 2.61 bits per heavy atom. The van der Waals surface area contributed by atoms with E-state index in [4.69, 9.17) is 4.74 Å². The summed E-state index contributed by atoms with van der Waals surface area (Å²) in [7, 11) is 0. The van der Waals surface area contributed by atoms with Crippen LogP contribution in [0.4, 0.5) is 0 Å². The van der Waals surface area contributed by atoms with Gasteiger partial charge in [-0.25, -0.2) is 0 Å². The van der Waals surface area contributed by atoms with Crippen molar-refractivity contribution < 1.29 is 4.74 Å². The Hall–Kier alpha value is -0.120. The van der Waals surface area contributed by atoms with Crippen molar-refractivity contribution in [2.24, 2.45) is 0 Å². The van der Waals surface area contributed by atoms with Gasteiger partial charge in [-0.15, -0.1) is 0 Å². The maximum atomic E-state index is 6.17. The van der Waals surface area contributed by atoms with E-state index in [1.165, 1.54) is 64.6 Å². The summed E-state index contributed by atoms with van der Waals surface area (Å²) in [5, 5.41) is 3.43. The van der Waals surface area contributed by atoms with Crippen molar-refractivity contribution in [1.82, 2.24) is 10.2 Å². The van der Waals surface area contributed by atoms with Crippen molar-refractivity contribution in [3.8, 4) is 0 Å². The number of ether oxygens (including phenoxy) is 1. The van der Waals surface area contributed by atoms with Gasteiger partial charge in [-0.05, 0) is 38.6 Å². The largest absolute Gasteiger partial charge is 0.375 e. The molecule has 0 aromatic carbocycles. The fourth-order valence-electron chi connectivity index (χ4n) is 4.08. The van der Waals surface area contributed by atoms with Crippen LogP contribution in [0.25, 0.3) is 0 Å². The molecule has 1 unspecified atom stereocenters. The molecule has 3 nitrogen and oxygen atoms in total. The molecule has 1 spiro atoms. The zero-order valence-electron chi connectivity index (χ0n) is 11.8. The van der Waals surface area contributed by atoms with Crippen LogP contribution in [0.3, 0.4) is 0 Å². The highest BCUT2D eigenvalue weighted by Gasteiger charge is 2.43. The normalized spacial score (nSPS) is 32.0. The lowest BCUT2D eigenvalue weighted by atomic mass is 9.87. The minimum Gasteiger partial charge on any atom is -0.375 e. The van der Waals surface area contributed by atoms with Crippen molar-refractivity contribution in [2.75, 3.05) is 26.2 Å². The summed E-state index contributed by atoms with van der Waals surface area (Å²) in [6.07, 6.45) is 9.21. The number of nitrogens with zero attached hydrogens (tertiary/aromatic N) is 1. The molecular formula is C15H28N2O. The van der Waals surface area contributed by atoms with Crippen LogP contribution in [0, 0.1) is 0 Å². The van der Waals surface area contributed by atoms with E-state index in [1.54, 1.807) is 0 Å². The molecular weight excluding hydrogens is 224 g/mol. The number of rotatable bonds is 4. The van der Waals surface area contributed by atoms with Crippen molar-refractivity contribution in [1.29, 1.82) is 0 Å². The fraction of sp³-hybridized carbons (Fsp3) is 1.00. The van der Waals surface area contributed by atoms with E-state index < -0.39 is 0 Å². The topological polar surface area (TPSA) is 24.5 Å². The first kappa shape index (κ1) is 12.9. The Labute approximate surface area is 111 Å². The molecule has 3 heteroatoms. The molecule has 1 saturated carbocycles. The molecule has 0 radical (unpaired) electrons. The van der Waals surface area contributed by atoms with Gasteiger partial charge in [0.05, 0.1) is 5.60 Å². The van der Waals surface area contributed by atoms with Crippen LogP contribution >= 0.6 is 0 Å². The van der Waals surface area contributed by atoms with Crippen molar-refractivity contribution in [3.05, 3.63) is 0 Å². The molecule has 1 atom stereocenters. The highest BCUT2D eigenvalue weighted by molar-refractivity contribution is 4.97. The summed E-state index contributed by atoms with van der Waals surface area (Å²) in [5.41, 5.74) is 0.270. The van der Waals surface area contributed by atoms with Gasteiger partial charge in [-0.3, -0.25) is 4.90 Å². The van der Waals surface area contributed by atoms with E-state index >= 15 is 0 Å². The molecule has 0 bridgehead atoms. The third-order valence-electron chi connectivity index (χ3n) is 5.16. The summed E-state index contributed by atoms with van der Waals surface area (Å²) in [6.45, 7) is 6.97. The van der Waals surface area contributed by atoms with Gasteiger partial charge < -0.3 is 10.1 Å². The monoisotopic (exact) mass is 252 g/mol. The number of hydrogen-bond acceptors (Lipinski definition) is 3. The van der Waals surface area contributed by atoms with Gasteiger partial charge in [0.15, 0.2) is 0 Å². The van der Waals surface area contributed by atoms with Gasteiger partial charge in [0.1, 0.15) is 0 Å². The lowest BCUT2D eigenvalue weighted by Crippen LogP contribution is -2.62. The Morgan fingerprint density at radius 2 is 2.00 bits per heavy atom. The predicted molar refractivity (Wildman–Crippen MR) is 73.8 cm³/mol. The number of nitrogens with one attached hydrogen (secondary N) is 1. The number of hydrogen-bond donors (Lipinski definition) is 1. The molecule has 2 saturated heterocycles. The summed E-state index contributed by atoms with van der Waals surface area (Å²) in [5.74, 6) is 0. The van der Waals surface area contributed by atoms with Gasteiger partial charge in [0.2, 0.25) is 0 Å². The summed E-state index contributed by atoms with van der Waals surface area (Å²) >= 11 is 0. The van der Waals surface area contributed by atoms with E-state index in [1.807, 2.05) is 0 Å². The predicted octanol–water partition coefficient (Wildman–Crippen LogP) is 2.16. The molecule has 1 N–H and O–H groups in total. The SMILES string of the molecule is CCCN(C1CNC1)C1CCOC2(CCCC2)C1. The zero-order valence-corrected chi connectivity index (χ0v) is 11.8. The molecule has 1 aliphatic carbocycles. The quantitative estimate of drug-likeness (QED) is 0.830. The van der Waals surface area contributed by atoms with E-state index in [-0.39, 0.29) is 5.60 Å². The standard InChI is InChI=1S/C15H28N2O/c1-2-8-17(14-11-16-12-14)13-5-9-18-15(10-13)6-3-4-7-15/h13-14,16H,2-12H2,1H3. The van der Waals surface area contributed by atoms with Crippen molar-refractivity contribution in [2.45, 2.75) is 69.6 Å². The minimum atomic E-state index is 0.270. The summed E-state index contributed by atoms with van der Waals surface area (Å²) in [6, 6.07) is 1.58. The molecule has 104 valence electrons. The van der Waals surface area contributed by atoms with Crippen molar-refractivity contribution >= 4 is 0 Å². The van der Waals surface area contributed by atoms with Gasteiger partial charge in [-0.1, -0.05) is 19.8 Å². The van der Waals surface area contributed by atoms with E-state index in [9.17, 15) is 0 Å². The molecule has 0 aromatic heterocycles. The van der Waals surface area contributed by atoms with Crippen LogP contribution in [0.15, 0.2) is 0 Å². The molecule has 0 aromatic rings. The fourth-order valence-corrected chi connectivity index (χ4v) is 4.08. The van der Waals surface area contributed by atoms with Crippen LogP contribution in [-0.2, 0) is 4.74 Å². The highest BCUT2D eigenvalue weighted by Crippen LogP contribution is 2.41. The first-order valence-corrected chi connectivity index (χ1v) is 7.93. The second-order valence-electron chi connectivity index (χ2n) is 6.44. The minimum absolute atomic E-state index is 0.270. The first-order valence-electron chi connectivity index (χ1n) is 7.93. The Bertz CT molecular complexity index is 272. The zero-order chi connectivity index (χ0) is 12.4. The first-order chi connectivity index (χ1) is 8.83. The lowest BCUT2D eigenvalue weighted by molar-refractivity contribution is -0.109. The molecule has 0 amide bonds. The second-order valence-corrected chi connectivity index (χ2v) is 6.44. The van der Waals surface area contributed by atoms with E-state index in [0.717, 1.165) is 18.7 Å². The molecule has 3 fully saturated rings. The van der Waals surface area contributed by atoms with E-state index in [0.29, 0.717) is 0 Å². The van der Waals surface area contributed by atoms with Crippen LogP contribution in [0.1, 0.15) is 51.9 Å². The van der Waals surface area contributed by atoms with Gasteiger partial charge in [-0.2, -0.15) is 0 Å².